The summed E-state index contributed by atoms with van der Waals surface area (Å²) in [7, 11) is 0. The van der Waals surface area contributed by atoms with Gasteiger partial charge in [-0.05, 0) is 38.1 Å². The largest absolute Gasteiger partial charge is 0.462 e. The van der Waals surface area contributed by atoms with E-state index in [-0.39, 0.29) is 5.97 Å². The summed E-state index contributed by atoms with van der Waals surface area (Å²) in [5, 5.41) is 6.32. The van der Waals surface area contributed by atoms with Crippen molar-refractivity contribution in [1.82, 2.24) is 9.97 Å². The van der Waals surface area contributed by atoms with Crippen molar-refractivity contribution >= 4 is 23.3 Å². The van der Waals surface area contributed by atoms with Gasteiger partial charge in [0.05, 0.1) is 12.2 Å². The van der Waals surface area contributed by atoms with Crippen LogP contribution in [0.25, 0.3) is 0 Å². The van der Waals surface area contributed by atoms with E-state index in [9.17, 15) is 4.79 Å². The minimum absolute atomic E-state index is 0.326. The number of hydrogen-bond donors (Lipinski definition) is 2. The summed E-state index contributed by atoms with van der Waals surface area (Å²) in [5.41, 5.74) is 1.34. The molecule has 6 nitrogen and oxygen atoms in total. The van der Waals surface area contributed by atoms with Gasteiger partial charge in [0, 0.05) is 18.3 Å². The minimum Gasteiger partial charge on any atom is -0.462 e. The van der Waals surface area contributed by atoms with Gasteiger partial charge >= 0.3 is 5.97 Å². The van der Waals surface area contributed by atoms with Crippen molar-refractivity contribution < 1.29 is 9.53 Å². The van der Waals surface area contributed by atoms with Gasteiger partial charge in [0.1, 0.15) is 17.5 Å². The van der Waals surface area contributed by atoms with E-state index in [4.69, 9.17) is 4.74 Å². The highest BCUT2D eigenvalue weighted by atomic mass is 16.5. The van der Waals surface area contributed by atoms with Crippen molar-refractivity contribution in [3.8, 4) is 0 Å². The molecule has 120 valence electrons. The maximum absolute atomic E-state index is 11.6. The fraction of sp³-hybridized carbons (Fsp3) is 0.235. The first kappa shape index (κ1) is 16.5. The molecular weight excluding hydrogens is 292 g/mol. The van der Waals surface area contributed by atoms with E-state index in [1.54, 1.807) is 37.3 Å². The molecule has 0 aliphatic carbocycles. The normalized spacial score (nSPS) is 10.0. The van der Waals surface area contributed by atoms with E-state index in [0.29, 0.717) is 30.4 Å². The summed E-state index contributed by atoms with van der Waals surface area (Å²) < 4.78 is 4.96. The van der Waals surface area contributed by atoms with Crippen LogP contribution in [0.15, 0.2) is 43.0 Å². The zero-order valence-electron chi connectivity index (χ0n) is 13.3. The number of nitrogens with zero attached hydrogens (tertiary/aromatic N) is 2. The molecule has 0 saturated heterocycles. The predicted molar refractivity (Wildman–Crippen MR) is 91.1 cm³/mol. The van der Waals surface area contributed by atoms with Gasteiger partial charge in [-0.1, -0.05) is 6.08 Å². The third-order valence-electron chi connectivity index (χ3n) is 2.93. The molecular formula is C17H20N4O2. The predicted octanol–water partition coefficient (Wildman–Crippen LogP) is 3.30. The van der Waals surface area contributed by atoms with E-state index < -0.39 is 0 Å². The van der Waals surface area contributed by atoms with E-state index in [1.807, 2.05) is 13.0 Å². The molecule has 6 heteroatoms. The van der Waals surface area contributed by atoms with Crippen molar-refractivity contribution in [2.75, 3.05) is 23.8 Å². The Bertz CT molecular complexity index is 683. The highest BCUT2D eigenvalue weighted by molar-refractivity contribution is 5.89. The van der Waals surface area contributed by atoms with Gasteiger partial charge in [-0.25, -0.2) is 14.8 Å². The lowest BCUT2D eigenvalue weighted by Crippen LogP contribution is -2.05. The van der Waals surface area contributed by atoms with Crippen LogP contribution in [-0.2, 0) is 4.74 Å². The highest BCUT2D eigenvalue weighted by Gasteiger charge is 2.06. The molecule has 0 atom stereocenters. The second kappa shape index (κ2) is 7.93. The van der Waals surface area contributed by atoms with Crippen LogP contribution < -0.4 is 10.6 Å². The maximum Gasteiger partial charge on any atom is 0.338 e. The molecule has 1 aromatic carbocycles. The Kier molecular flexibility index (Phi) is 5.68. The maximum atomic E-state index is 11.6. The molecule has 0 bridgehead atoms. The lowest BCUT2D eigenvalue weighted by Gasteiger charge is -2.10. The van der Waals surface area contributed by atoms with E-state index >= 15 is 0 Å². The molecule has 0 radical (unpaired) electrons. The fourth-order valence-electron chi connectivity index (χ4n) is 1.95. The molecule has 2 N–H and O–H groups in total. The Morgan fingerprint density at radius 2 is 1.96 bits per heavy atom. The van der Waals surface area contributed by atoms with Crippen LogP contribution in [0.2, 0.25) is 0 Å². The van der Waals surface area contributed by atoms with Gasteiger partial charge in [-0.2, -0.15) is 0 Å². The first-order valence-electron chi connectivity index (χ1n) is 7.37. The molecule has 0 fully saturated rings. The van der Waals surface area contributed by atoms with Crippen molar-refractivity contribution in [2.45, 2.75) is 13.8 Å². The quantitative estimate of drug-likeness (QED) is 0.603. The standard InChI is InChI=1S/C17H20N4O2/c1-4-10-18-15-11-16(20-12(3)19-15)21-14-8-6-13(7-9-14)17(22)23-5-2/h4,6-9,11H,1,5,10H2,2-3H3,(H2,18,19,20,21). The minimum atomic E-state index is -0.326. The smallest absolute Gasteiger partial charge is 0.338 e. The van der Waals surface area contributed by atoms with Crippen LogP contribution >= 0.6 is 0 Å². The highest BCUT2D eigenvalue weighted by Crippen LogP contribution is 2.18. The van der Waals surface area contributed by atoms with E-state index in [2.05, 4.69) is 27.2 Å². The summed E-state index contributed by atoms with van der Waals surface area (Å²) in [6.45, 7) is 8.26. The molecule has 0 saturated carbocycles. The Morgan fingerprint density at radius 1 is 1.26 bits per heavy atom. The third kappa shape index (κ3) is 4.81. The van der Waals surface area contributed by atoms with Crippen molar-refractivity contribution in [3.63, 3.8) is 0 Å². The van der Waals surface area contributed by atoms with Crippen LogP contribution in [0.5, 0.6) is 0 Å². The Hall–Kier alpha value is -2.89. The molecule has 0 aliphatic rings. The number of aromatic nitrogens is 2. The lowest BCUT2D eigenvalue weighted by molar-refractivity contribution is 0.0526. The molecule has 0 aliphatic heterocycles. The zero-order chi connectivity index (χ0) is 16.7. The van der Waals surface area contributed by atoms with Gasteiger partial charge in [0.25, 0.3) is 0 Å². The number of esters is 1. The van der Waals surface area contributed by atoms with Crippen LogP contribution in [0.1, 0.15) is 23.1 Å². The fourth-order valence-corrected chi connectivity index (χ4v) is 1.95. The second-order valence-corrected chi connectivity index (χ2v) is 4.78. The number of benzene rings is 1. The number of rotatable bonds is 7. The Balaban J connectivity index is 2.11. The number of carbonyl (C=O) groups is 1. The Labute approximate surface area is 135 Å². The molecule has 2 rings (SSSR count). The van der Waals surface area contributed by atoms with Crippen LogP contribution in [0, 0.1) is 6.92 Å². The number of anilines is 3. The van der Waals surface area contributed by atoms with E-state index in [1.165, 1.54) is 0 Å². The van der Waals surface area contributed by atoms with Gasteiger partial charge in [-0.15, -0.1) is 6.58 Å². The molecule has 0 spiro atoms. The number of ether oxygens (including phenoxy) is 1. The summed E-state index contributed by atoms with van der Waals surface area (Å²) >= 11 is 0. The summed E-state index contributed by atoms with van der Waals surface area (Å²) in [4.78, 5) is 20.3. The molecule has 0 amide bonds. The van der Waals surface area contributed by atoms with Crippen LogP contribution in [0.3, 0.4) is 0 Å². The number of carbonyl (C=O) groups excluding carboxylic acids is 1. The molecule has 23 heavy (non-hydrogen) atoms. The molecule has 1 heterocycles. The summed E-state index contributed by atoms with van der Waals surface area (Å²) in [5.74, 6) is 1.73. The zero-order valence-corrected chi connectivity index (χ0v) is 13.3. The average Bonchev–Trinajstić information content (AvgIpc) is 2.53. The van der Waals surface area contributed by atoms with Crippen LogP contribution in [0.4, 0.5) is 17.3 Å². The molecule has 0 unspecified atom stereocenters. The number of aryl methyl sites for hydroxylation is 1. The SMILES string of the molecule is C=CCNc1cc(Nc2ccc(C(=O)OCC)cc2)nc(C)n1. The number of hydrogen-bond acceptors (Lipinski definition) is 6. The first-order chi connectivity index (χ1) is 11.1. The lowest BCUT2D eigenvalue weighted by atomic mass is 10.2. The van der Waals surface area contributed by atoms with E-state index in [0.717, 1.165) is 11.5 Å². The first-order valence-corrected chi connectivity index (χ1v) is 7.37. The number of nitrogens with one attached hydrogen (secondary N) is 2. The molecule has 2 aromatic rings. The Morgan fingerprint density at radius 3 is 2.61 bits per heavy atom. The van der Waals surface area contributed by atoms with Gasteiger partial charge in [0.15, 0.2) is 0 Å². The average molecular weight is 312 g/mol. The van der Waals surface area contributed by atoms with Gasteiger partial charge < -0.3 is 15.4 Å². The monoisotopic (exact) mass is 312 g/mol. The summed E-state index contributed by atoms with van der Waals surface area (Å²) in [6.07, 6.45) is 1.76. The molecule has 1 aromatic heterocycles. The van der Waals surface area contributed by atoms with Gasteiger partial charge in [0.2, 0.25) is 0 Å². The summed E-state index contributed by atoms with van der Waals surface area (Å²) in [6, 6.07) is 8.85. The second-order valence-electron chi connectivity index (χ2n) is 4.78. The van der Waals surface area contributed by atoms with Crippen molar-refractivity contribution in [2.24, 2.45) is 0 Å². The van der Waals surface area contributed by atoms with Crippen molar-refractivity contribution in [1.29, 1.82) is 0 Å². The van der Waals surface area contributed by atoms with Crippen molar-refractivity contribution in [3.05, 3.63) is 54.4 Å². The van der Waals surface area contributed by atoms with Crippen LogP contribution in [-0.4, -0.2) is 29.1 Å². The topological polar surface area (TPSA) is 76.1 Å². The third-order valence-corrected chi connectivity index (χ3v) is 2.93. The van der Waals surface area contributed by atoms with Gasteiger partial charge in [-0.3, -0.25) is 0 Å².